The first-order valence-electron chi connectivity index (χ1n) is 8.67. The molecule has 3 rings (SSSR count). The number of benzene rings is 2. The number of hydrogen-bond acceptors (Lipinski definition) is 4. The van der Waals surface area contributed by atoms with E-state index in [-0.39, 0.29) is 10.4 Å². The van der Waals surface area contributed by atoms with Gasteiger partial charge in [-0.2, -0.15) is 4.31 Å². The molecule has 28 heavy (non-hydrogen) atoms. The van der Waals surface area contributed by atoms with Crippen molar-refractivity contribution in [3.63, 3.8) is 0 Å². The largest absolute Gasteiger partial charge is 0.412 e. The molecule has 0 radical (unpaired) electrons. The number of sulfonamides is 1. The first-order valence-corrected chi connectivity index (χ1v) is 10.1. The summed E-state index contributed by atoms with van der Waals surface area (Å²) in [6, 6.07) is 20.7. The van der Waals surface area contributed by atoms with Crippen molar-refractivity contribution >= 4 is 15.7 Å². The van der Waals surface area contributed by atoms with Crippen molar-refractivity contribution in [1.82, 2.24) is 9.29 Å². The van der Waals surface area contributed by atoms with Crippen molar-refractivity contribution in [3.05, 3.63) is 90.3 Å². The second-order valence-electron chi connectivity index (χ2n) is 6.51. The Morgan fingerprint density at radius 1 is 0.821 bits per heavy atom. The first-order chi connectivity index (χ1) is 13.0. The average molecular weight is 400 g/mol. The SMILES string of the molecule is CN(C)c1ccc(CN(Cc2ccccc2)S(=O)(=O)c2cccnc2)cc1.O. The summed E-state index contributed by atoms with van der Waals surface area (Å²) in [7, 11) is 0.288. The van der Waals surface area contributed by atoms with Crippen LogP contribution in [-0.2, 0) is 23.1 Å². The number of anilines is 1. The summed E-state index contributed by atoms with van der Waals surface area (Å²) in [5, 5.41) is 0. The zero-order valence-corrected chi connectivity index (χ0v) is 16.8. The third-order valence-electron chi connectivity index (χ3n) is 4.29. The van der Waals surface area contributed by atoms with Crippen LogP contribution in [0.1, 0.15) is 11.1 Å². The van der Waals surface area contributed by atoms with Crippen molar-refractivity contribution < 1.29 is 13.9 Å². The molecule has 1 heterocycles. The van der Waals surface area contributed by atoms with Gasteiger partial charge in [0.25, 0.3) is 0 Å². The normalized spacial score (nSPS) is 11.1. The van der Waals surface area contributed by atoms with Gasteiger partial charge in [-0.05, 0) is 35.4 Å². The van der Waals surface area contributed by atoms with Crippen LogP contribution in [-0.4, -0.2) is 37.3 Å². The minimum atomic E-state index is -3.66. The second-order valence-corrected chi connectivity index (χ2v) is 8.45. The lowest BCUT2D eigenvalue weighted by Gasteiger charge is -2.23. The van der Waals surface area contributed by atoms with Crippen LogP contribution in [0.4, 0.5) is 5.69 Å². The lowest BCUT2D eigenvalue weighted by Crippen LogP contribution is -2.30. The highest BCUT2D eigenvalue weighted by Gasteiger charge is 2.25. The van der Waals surface area contributed by atoms with E-state index < -0.39 is 10.0 Å². The number of rotatable bonds is 7. The number of hydrogen-bond donors (Lipinski definition) is 0. The summed E-state index contributed by atoms with van der Waals surface area (Å²) >= 11 is 0. The Balaban J connectivity index is 0.00000280. The van der Waals surface area contributed by atoms with Crippen LogP contribution in [0.5, 0.6) is 0 Å². The molecule has 0 amide bonds. The van der Waals surface area contributed by atoms with E-state index in [0.717, 1.165) is 16.8 Å². The molecule has 3 aromatic rings. The van der Waals surface area contributed by atoms with Crippen LogP contribution in [0.15, 0.2) is 84.0 Å². The Morgan fingerprint density at radius 2 is 1.43 bits per heavy atom. The Bertz CT molecular complexity index is 961. The number of nitrogens with zero attached hydrogens (tertiary/aromatic N) is 3. The highest BCUT2D eigenvalue weighted by molar-refractivity contribution is 7.89. The van der Waals surface area contributed by atoms with E-state index in [9.17, 15) is 8.42 Å². The molecule has 0 aliphatic heterocycles. The van der Waals surface area contributed by atoms with Crippen LogP contribution >= 0.6 is 0 Å². The highest BCUT2D eigenvalue weighted by atomic mass is 32.2. The van der Waals surface area contributed by atoms with Gasteiger partial charge in [0.15, 0.2) is 0 Å². The fourth-order valence-electron chi connectivity index (χ4n) is 2.76. The minimum Gasteiger partial charge on any atom is -0.412 e. The molecule has 2 aromatic carbocycles. The van der Waals surface area contributed by atoms with Gasteiger partial charge in [0.05, 0.1) is 0 Å². The van der Waals surface area contributed by atoms with Gasteiger partial charge in [0.1, 0.15) is 4.90 Å². The third kappa shape index (κ3) is 5.16. The van der Waals surface area contributed by atoms with Crippen molar-refractivity contribution in [2.24, 2.45) is 0 Å². The summed E-state index contributed by atoms with van der Waals surface area (Å²) in [5.74, 6) is 0. The molecule has 6 nitrogen and oxygen atoms in total. The molecule has 0 bridgehead atoms. The average Bonchev–Trinajstić information content (AvgIpc) is 2.69. The summed E-state index contributed by atoms with van der Waals surface area (Å²) < 4.78 is 27.9. The van der Waals surface area contributed by atoms with Crippen LogP contribution in [0.25, 0.3) is 0 Å². The molecule has 1 aromatic heterocycles. The molecule has 7 heteroatoms. The fraction of sp³-hybridized carbons (Fsp3) is 0.190. The van der Waals surface area contributed by atoms with E-state index in [2.05, 4.69) is 4.98 Å². The van der Waals surface area contributed by atoms with Crippen LogP contribution < -0.4 is 4.90 Å². The van der Waals surface area contributed by atoms with E-state index in [0.29, 0.717) is 13.1 Å². The lowest BCUT2D eigenvalue weighted by molar-refractivity contribution is 0.401. The lowest BCUT2D eigenvalue weighted by atomic mass is 10.2. The molecule has 0 unspecified atom stereocenters. The Labute approximate surface area is 166 Å². The second kappa shape index (κ2) is 9.45. The molecule has 2 N–H and O–H groups in total. The highest BCUT2D eigenvalue weighted by Crippen LogP contribution is 2.21. The standard InChI is InChI=1S/C21H23N3O2S.H2O/c1-23(2)20-12-10-19(11-13-20)17-24(16-18-7-4-3-5-8-18)27(25,26)21-9-6-14-22-15-21;/h3-15H,16-17H2,1-2H3;1H2. The summed E-state index contributed by atoms with van der Waals surface area (Å²) in [6.45, 7) is 0.591. The van der Waals surface area contributed by atoms with E-state index in [1.54, 1.807) is 18.3 Å². The first kappa shape index (κ1) is 21.6. The maximum atomic E-state index is 13.2. The molecule has 0 saturated heterocycles. The van der Waals surface area contributed by atoms with E-state index in [1.807, 2.05) is 73.6 Å². The molecule has 0 aliphatic carbocycles. The van der Waals surface area contributed by atoms with E-state index >= 15 is 0 Å². The van der Waals surface area contributed by atoms with Crippen molar-refractivity contribution in [3.8, 4) is 0 Å². The molecule has 0 saturated carbocycles. The van der Waals surface area contributed by atoms with E-state index in [1.165, 1.54) is 10.5 Å². The van der Waals surface area contributed by atoms with Gasteiger partial charge in [-0.3, -0.25) is 4.98 Å². The molecule has 0 aliphatic rings. The molecule has 0 spiro atoms. The van der Waals surface area contributed by atoms with Gasteiger partial charge in [-0.15, -0.1) is 0 Å². The summed E-state index contributed by atoms with van der Waals surface area (Å²) in [4.78, 5) is 6.18. The summed E-state index contributed by atoms with van der Waals surface area (Å²) in [6.07, 6.45) is 2.96. The zero-order valence-electron chi connectivity index (χ0n) is 16.0. The predicted molar refractivity (Wildman–Crippen MR) is 111 cm³/mol. The summed E-state index contributed by atoms with van der Waals surface area (Å²) in [5.41, 5.74) is 2.95. The van der Waals surface area contributed by atoms with Crippen molar-refractivity contribution in [1.29, 1.82) is 0 Å². The van der Waals surface area contributed by atoms with Crippen molar-refractivity contribution in [2.45, 2.75) is 18.0 Å². The minimum absolute atomic E-state index is 0. The fourth-order valence-corrected chi connectivity index (χ4v) is 4.15. The van der Waals surface area contributed by atoms with Crippen molar-refractivity contribution in [2.75, 3.05) is 19.0 Å². The van der Waals surface area contributed by atoms with Gasteiger partial charge in [0.2, 0.25) is 10.0 Å². The number of pyridine rings is 1. The maximum absolute atomic E-state index is 13.2. The quantitative estimate of drug-likeness (QED) is 0.611. The zero-order chi connectivity index (χ0) is 19.3. The Hall–Kier alpha value is -2.74. The molecular formula is C21H25N3O3S. The van der Waals surface area contributed by atoms with Crippen LogP contribution in [0.2, 0.25) is 0 Å². The van der Waals surface area contributed by atoms with Crippen LogP contribution in [0, 0.1) is 0 Å². The van der Waals surface area contributed by atoms with Gasteiger partial charge in [0, 0.05) is 45.3 Å². The maximum Gasteiger partial charge on any atom is 0.245 e. The van der Waals surface area contributed by atoms with Gasteiger partial charge in [-0.1, -0.05) is 42.5 Å². The Kier molecular flexibility index (Phi) is 7.28. The van der Waals surface area contributed by atoms with Gasteiger partial charge in [-0.25, -0.2) is 8.42 Å². The van der Waals surface area contributed by atoms with Gasteiger partial charge >= 0.3 is 0 Å². The van der Waals surface area contributed by atoms with Gasteiger partial charge < -0.3 is 10.4 Å². The third-order valence-corrected chi connectivity index (χ3v) is 6.06. The molecular weight excluding hydrogens is 374 g/mol. The predicted octanol–water partition coefficient (Wildman–Crippen LogP) is 2.71. The van der Waals surface area contributed by atoms with E-state index in [4.69, 9.17) is 0 Å². The molecule has 0 atom stereocenters. The smallest absolute Gasteiger partial charge is 0.245 e. The Morgan fingerprint density at radius 3 is 1.96 bits per heavy atom. The molecule has 148 valence electrons. The topological polar surface area (TPSA) is 85.0 Å². The molecule has 0 fully saturated rings. The monoisotopic (exact) mass is 399 g/mol. The number of aromatic nitrogens is 1. The van der Waals surface area contributed by atoms with Crippen LogP contribution in [0.3, 0.4) is 0 Å².